The minimum Gasteiger partial charge on any atom is -0.444 e. The number of cyclic esters (lactones) is 1. The molecule has 6 heteroatoms. The third kappa shape index (κ3) is 3.68. The van der Waals surface area contributed by atoms with Crippen LogP contribution in [0.25, 0.3) is 0 Å². The summed E-state index contributed by atoms with van der Waals surface area (Å²) in [6, 6.07) is 17.2. The Hall–Kier alpha value is -3.15. The number of carbonyl (C=O) groups excluding carboxylic acids is 1. The van der Waals surface area contributed by atoms with Gasteiger partial charge in [0.25, 0.3) is 0 Å². The number of hydrogen-bond acceptors (Lipinski definition) is 5. The predicted molar refractivity (Wildman–Crippen MR) is 129 cm³/mol. The first-order valence-corrected chi connectivity index (χ1v) is 11.8. The molecule has 2 aromatic carbocycles. The quantitative estimate of drug-likeness (QED) is 0.655. The first-order chi connectivity index (χ1) is 15.7. The van der Waals surface area contributed by atoms with Crippen molar-refractivity contribution in [2.45, 2.75) is 39.3 Å². The maximum atomic E-state index is 12.6. The van der Waals surface area contributed by atoms with Crippen LogP contribution in [0.1, 0.15) is 32.3 Å². The van der Waals surface area contributed by atoms with Crippen LogP contribution in [0.4, 0.5) is 21.9 Å². The van der Waals surface area contributed by atoms with Gasteiger partial charge in [-0.15, -0.1) is 0 Å². The predicted octanol–water partition coefficient (Wildman–Crippen LogP) is 4.82. The molecule has 3 aliphatic rings. The van der Waals surface area contributed by atoms with E-state index in [2.05, 4.69) is 58.9 Å². The normalized spacial score (nSPS) is 18.6. The van der Waals surface area contributed by atoms with Gasteiger partial charge in [-0.3, -0.25) is 4.90 Å². The van der Waals surface area contributed by atoms with Gasteiger partial charge in [0.05, 0.1) is 5.69 Å². The highest BCUT2D eigenvalue weighted by Crippen LogP contribution is 2.35. The smallest absolute Gasteiger partial charge is 0.414 e. The molecule has 0 radical (unpaired) electrons. The van der Waals surface area contributed by atoms with E-state index in [-0.39, 0.29) is 12.1 Å². The second-order valence-electron chi connectivity index (χ2n) is 8.63. The Balaban J connectivity index is 1.23. The Morgan fingerprint density at radius 2 is 1.72 bits per heavy atom. The number of likely N-dealkylation sites (tertiary alicyclic amines) is 1. The van der Waals surface area contributed by atoms with Crippen molar-refractivity contribution in [3.05, 3.63) is 66.0 Å². The van der Waals surface area contributed by atoms with Gasteiger partial charge in [-0.25, -0.2) is 4.79 Å². The van der Waals surface area contributed by atoms with Crippen LogP contribution in [-0.2, 0) is 11.3 Å². The van der Waals surface area contributed by atoms with Gasteiger partial charge in [0, 0.05) is 55.7 Å². The van der Waals surface area contributed by atoms with Gasteiger partial charge in [-0.1, -0.05) is 18.2 Å². The van der Waals surface area contributed by atoms with Gasteiger partial charge in [0.2, 0.25) is 0 Å². The summed E-state index contributed by atoms with van der Waals surface area (Å²) in [7, 11) is 0. The molecule has 0 unspecified atom stereocenters. The Morgan fingerprint density at radius 3 is 2.38 bits per heavy atom. The molecule has 2 aromatic rings. The van der Waals surface area contributed by atoms with Crippen LogP contribution in [0.15, 0.2) is 60.4 Å². The van der Waals surface area contributed by atoms with Gasteiger partial charge < -0.3 is 19.4 Å². The van der Waals surface area contributed by atoms with Crippen LogP contribution in [0.3, 0.4) is 0 Å². The van der Waals surface area contributed by atoms with Crippen molar-refractivity contribution < 1.29 is 9.53 Å². The zero-order valence-electron chi connectivity index (χ0n) is 19.0. The lowest BCUT2D eigenvalue weighted by atomic mass is 10.00. The molecule has 1 amide bonds. The number of ether oxygens (including phenoxy) is 1. The van der Waals surface area contributed by atoms with E-state index in [0.717, 1.165) is 56.8 Å². The van der Waals surface area contributed by atoms with E-state index >= 15 is 0 Å². The van der Waals surface area contributed by atoms with E-state index in [0.29, 0.717) is 6.61 Å². The average Bonchev–Trinajstić information content (AvgIpc) is 2.81. The van der Waals surface area contributed by atoms with Crippen molar-refractivity contribution in [1.82, 2.24) is 4.90 Å². The first-order valence-electron chi connectivity index (χ1n) is 11.8. The van der Waals surface area contributed by atoms with Gasteiger partial charge >= 0.3 is 6.09 Å². The zero-order valence-corrected chi connectivity index (χ0v) is 19.0. The van der Waals surface area contributed by atoms with Gasteiger partial charge in [-0.05, 0) is 63.1 Å². The molecule has 3 aliphatic heterocycles. The van der Waals surface area contributed by atoms with Crippen LogP contribution in [-0.4, -0.2) is 49.8 Å². The maximum Gasteiger partial charge on any atom is 0.414 e. The van der Waals surface area contributed by atoms with Crippen molar-refractivity contribution in [1.29, 1.82) is 0 Å². The second kappa shape index (κ2) is 8.77. The number of hydrogen-bond donors (Lipinski definition) is 0. The van der Waals surface area contributed by atoms with E-state index in [9.17, 15) is 4.79 Å². The molecule has 3 heterocycles. The summed E-state index contributed by atoms with van der Waals surface area (Å²) in [5.41, 5.74) is 4.63. The Bertz CT molecular complexity index is 991. The second-order valence-corrected chi connectivity index (χ2v) is 8.63. The number of amides is 1. The van der Waals surface area contributed by atoms with Crippen LogP contribution in [0, 0.1) is 0 Å². The van der Waals surface area contributed by atoms with E-state index in [4.69, 9.17) is 4.74 Å². The molecule has 0 aliphatic carbocycles. The first kappa shape index (κ1) is 20.7. The third-order valence-electron chi connectivity index (χ3n) is 6.98. The lowest BCUT2D eigenvalue weighted by molar-refractivity contribution is 0.134. The molecule has 32 heavy (non-hydrogen) atoms. The van der Waals surface area contributed by atoms with E-state index in [1.165, 1.54) is 17.2 Å². The van der Waals surface area contributed by atoms with Crippen molar-refractivity contribution in [3.63, 3.8) is 0 Å². The molecule has 0 bridgehead atoms. The summed E-state index contributed by atoms with van der Waals surface area (Å²) < 4.78 is 5.44. The summed E-state index contributed by atoms with van der Waals surface area (Å²) >= 11 is 0. The lowest BCUT2D eigenvalue weighted by Crippen LogP contribution is -2.52. The summed E-state index contributed by atoms with van der Waals surface area (Å²) in [5, 5.41) is 0. The molecule has 1 fully saturated rings. The van der Waals surface area contributed by atoms with Crippen LogP contribution in [0.2, 0.25) is 0 Å². The van der Waals surface area contributed by atoms with Crippen molar-refractivity contribution in [2.75, 3.05) is 47.4 Å². The molecule has 5 rings (SSSR count). The fourth-order valence-corrected chi connectivity index (χ4v) is 5.11. The molecule has 0 spiro atoms. The molecule has 0 N–H and O–H groups in total. The van der Waals surface area contributed by atoms with E-state index in [1.807, 2.05) is 29.2 Å². The standard InChI is InChI=1S/C26H32N4O2/c1-3-27(4-2)21-9-11-22(12-10-21)29-18-15-25(29)28-16-13-23(14-17-28)30-24-8-6-5-7-20(24)19-32-26(30)31/h5-12,15,23H,3-4,13-14,16-19H2,1-2H3. The lowest BCUT2D eigenvalue weighted by Gasteiger charge is -2.46. The fourth-order valence-electron chi connectivity index (χ4n) is 5.11. The minimum atomic E-state index is -0.208. The molecule has 0 saturated carbocycles. The summed E-state index contributed by atoms with van der Waals surface area (Å²) in [6.07, 6.45) is 3.98. The monoisotopic (exact) mass is 432 g/mol. The highest BCUT2D eigenvalue weighted by Gasteiger charge is 2.35. The number of nitrogens with zero attached hydrogens (tertiary/aromatic N) is 4. The van der Waals surface area contributed by atoms with E-state index < -0.39 is 0 Å². The third-order valence-corrected chi connectivity index (χ3v) is 6.98. The van der Waals surface area contributed by atoms with Crippen LogP contribution >= 0.6 is 0 Å². The molecule has 0 aromatic heterocycles. The zero-order chi connectivity index (χ0) is 22.1. The summed E-state index contributed by atoms with van der Waals surface area (Å²) in [6.45, 7) is 9.64. The number of fused-ring (bicyclic) bond motifs is 1. The summed E-state index contributed by atoms with van der Waals surface area (Å²) in [4.78, 5) is 21.7. The topological polar surface area (TPSA) is 39.3 Å². The highest BCUT2D eigenvalue weighted by atomic mass is 16.6. The Morgan fingerprint density at radius 1 is 1.00 bits per heavy atom. The number of para-hydroxylation sites is 1. The SMILES string of the molecule is CCN(CC)c1ccc(N2CC=C2N2CCC(N3C(=O)OCc4ccccc43)CC2)cc1. The van der Waals surface area contributed by atoms with Crippen LogP contribution in [0.5, 0.6) is 0 Å². The fraction of sp³-hybridized carbons (Fsp3) is 0.423. The molecular formula is C26H32N4O2. The highest BCUT2D eigenvalue weighted by molar-refractivity contribution is 5.91. The van der Waals surface area contributed by atoms with Gasteiger partial charge in [-0.2, -0.15) is 0 Å². The van der Waals surface area contributed by atoms with E-state index in [1.54, 1.807) is 0 Å². The van der Waals surface area contributed by atoms with Crippen molar-refractivity contribution >= 4 is 23.2 Å². The number of anilines is 3. The molecule has 0 atom stereocenters. The van der Waals surface area contributed by atoms with Crippen LogP contribution < -0.4 is 14.7 Å². The number of piperidine rings is 1. The number of benzene rings is 2. The average molecular weight is 433 g/mol. The summed E-state index contributed by atoms with van der Waals surface area (Å²) in [5.74, 6) is 1.29. The Kier molecular flexibility index (Phi) is 5.68. The number of rotatable bonds is 6. The van der Waals surface area contributed by atoms with Gasteiger partial charge in [0.15, 0.2) is 0 Å². The Labute approximate surface area is 190 Å². The minimum absolute atomic E-state index is 0.183. The molecule has 168 valence electrons. The number of carbonyl (C=O) groups is 1. The maximum absolute atomic E-state index is 12.6. The molecule has 1 saturated heterocycles. The van der Waals surface area contributed by atoms with Crippen molar-refractivity contribution in [3.8, 4) is 0 Å². The molecular weight excluding hydrogens is 400 g/mol. The van der Waals surface area contributed by atoms with Crippen molar-refractivity contribution in [2.24, 2.45) is 0 Å². The largest absolute Gasteiger partial charge is 0.444 e. The van der Waals surface area contributed by atoms with Gasteiger partial charge in [0.1, 0.15) is 12.4 Å². The molecule has 6 nitrogen and oxygen atoms in total.